The lowest BCUT2D eigenvalue weighted by atomic mass is 10.0. The van der Waals surface area contributed by atoms with Gasteiger partial charge in [-0.2, -0.15) is 5.10 Å². The zero-order valence-corrected chi connectivity index (χ0v) is 16.6. The van der Waals surface area contributed by atoms with Crippen molar-refractivity contribution >= 4 is 17.4 Å². The van der Waals surface area contributed by atoms with Crippen LogP contribution in [-0.2, 0) is 16.0 Å². The van der Waals surface area contributed by atoms with Gasteiger partial charge in [0, 0.05) is 12.6 Å². The number of hydrogen-bond acceptors (Lipinski definition) is 4. The number of nitrogens with zero attached hydrogens (tertiary/aromatic N) is 2. The van der Waals surface area contributed by atoms with Crippen LogP contribution in [-0.4, -0.2) is 33.1 Å². The summed E-state index contributed by atoms with van der Waals surface area (Å²) in [6.07, 6.45) is 3.66. The Balaban J connectivity index is 1.85. The summed E-state index contributed by atoms with van der Waals surface area (Å²) in [5, 5.41) is 7.05. The third-order valence-corrected chi connectivity index (χ3v) is 4.20. The molecule has 0 spiro atoms. The molecule has 6 heteroatoms. The number of esters is 1. The maximum atomic E-state index is 12.9. The van der Waals surface area contributed by atoms with E-state index in [9.17, 15) is 9.59 Å². The molecule has 1 N–H and O–H groups in total. The van der Waals surface area contributed by atoms with Crippen LogP contribution in [0.5, 0.6) is 0 Å². The number of rotatable bonds is 5. The Morgan fingerprint density at radius 3 is 2.57 bits per heavy atom. The van der Waals surface area contributed by atoms with Crippen LogP contribution in [0.4, 0.5) is 0 Å². The third-order valence-electron chi connectivity index (χ3n) is 4.20. The average molecular weight is 379 g/mol. The fraction of sp³-hybridized carbons (Fsp3) is 0.318. The second-order valence-electron chi connectivity index (χ2n) is 7.84. The van der Waals surface area contributed by atoms with Crippen molar-refractivity contribution in [1.82, 2.24) is 14.9 Å². The van der Waals surface area contributed by atoms with Gasteiger partial charge in [-0.15, -0.1) is 0 Å². The standard InChI is InChI=1S/C22H25N3O3/c1-15-10-11-25-19(12-15)17(14-23-25)20(26)24-18(21(27)28-22(2,3)4)13-16-8-6-5-7-9-16/h5-12,14,18H,13H2,1-4H3,(H,24,26)/t18-/m0/s1. The molecule has 1 aromatic carbocycles. The number of hydrogen-bond donors (Lipinski definition) is 1. The lowest BCUT2D eigenvalue weighted by molar-refractivity contribution is -0.157. The number of nitrogens with one attached hydrogen (secondary N) is 1. The van der Waals surface area contributed by atoms with E-state index in [2.05, 4.69) is 10.4 Å². The van der Waals surface area contributed by atoms with Gasteiger partial charge in [0.15, 0.2) is 0 Å². The van der Waals surface area contributed by atoms with E-state index in [1.54, 1.807) is 31.5 Å². The molecule has 0 aliphatic heterocycles. The van der Waals surface area contributed by atoms with Crippen LogP contribution < -0.4 is 5.32 Å². The third kappa shape index (κ3) is 4.76. The van der Waals surface area contributed by atoms with Crippen molar-refractivity contribution in [1.29, 1.82) is 0 Å². The summed E-state index contributed by atoms with van der Waals surface area (Å²) in [6, 6.07) is 12.6. The molecule has 0 unspecified atom stereocenters. The van der Waals surface area contributed by atoms with Gasteiger partial charge >= 0.3 is 5.97 Å². The summed E-state index contributed by atoms with van der Waals surface area (Å²) in [4.78, 5) is 25.7. The Kier molecular flexibility index (Phi) is 5.49. The van der Waals surface area contributed by atoms with E-state index >= 15 is 0 Å². The smallest absolute Gasteiger partial charge is 0.329 e. The summed E-state index contributed by atoms with van der Waals surface area (Å²) in [6.45, 7) is 7.37. The van der Waals surface area contributed by atoms with Crippen molar-refractivity contribution in [2.45, 2.75) is 45.8 Å². The minimum absolute atomic E-state index is 0.347. The molecular formula is C22H25N3O3. The Hall–Kier alpha value is -3.15. The fourth-order valence-corrected chi connectivity index (χ4v) is 2.91. The van der Waals surface area contributed by atoms with Crippen LogP contribution in [0.15, 0.2) is 54.9 Å². The molecule has 28 heavy (non-hydrogen) atoms. The summed E-state index contributed by atoms with van der Waals surface area (Å²) >= 11 is 0. The fourth-order valence-electron chi connectivity index (χ4n) is 2.91. The highest BCUT2D eigenvalue weighted by Gasteiger charge is 2.28. The van der Waals surface area contributed by atoms with Crippen molar-refractivity contribution in [2.75, 3.05) is 0 Å². The molecule has 0 aliphatic rings. The minimum Gasteiger partial charge on any atom is -0.458 e. The first-order valence-corrected chi connectivity index (χ1v) is 9.24. The number of carbonyl (C=O) groups excluding carboxylic acids is 2. The van der Waals surface area contributed by atoms with Crippen LogP contribution in [0.2, 0.25) is 0 Å². The lowest BCUT2D eigenvalue weighted by Crippen LogP contribution is -2.45. The van der Waals surface area contributed by atoms with Crippen LogP contribution in [0.1, 0.15) is 42.3 Å². The first-order chi connectivity index (χ1) is 13.2. The number of pyridine rings is 1. The first-order valence-electron chi connectivity index (χ1n) is 9.24. The predicted molar refractivity (Wildman–Crippen MR) is 107 cm³/mol. The van der Waals surface area contributed by atoms with E-state index in [-0.39, 0.29) is 5.91 Å². The quantitative estimate of drug-likeness (QED) is 0.690. The molecule has 0 fully saturated rings. The van der Waals surface area contributed by atoms with Gasteiger partial charge in [0.25, 0.3) is 5.91 Å². The van der Waals surface area contributed by atoms with Crippen molar-refractivity contribution in [3.05, 3.63) is 71.5 Å². The predicted octanol–water partition coefficient (Wildman–Crippen LogP) is 3.33. The van der Waals surface area contributed by atoms with E-state index in [1.807, 2.05) is 49.4 Å². The first kappa shape index (κ1) is 19.6. The van der Waals surface area contributed by atoms with E-state index < -0.39 is 17.6 Å². The molecular weight excluding hydrogens is 354 g/mol. The summed E-state index contributed by atoms with van der Waals surface area (Å²) in [5.41, 5.74) is 2.44. The van der Waals surface area contributed by atoms with Gasteiger partial charge in [0.1, 0.15) is 11.6 Å². The summed E-state index contributed by atoms with van der Waals surface area (Å²) in [5.74, 6) is -0.815. The van der Waals surface area contributed by atoms with Crippen molar-refractivity contribution in [3.8, 4) is 0 Å². The maximum absolute atomic E-state index is 12.9. The Morgan fingerprint density at radius 1 is 1.18 bits per heavy atom. The van der Waals surface area contributed by atoms with Gasteiger partial charge in [-0.25, -0.2) is 9.31 Å². The lowest BCUT2D eigenvalue weighted by Gasteiger charge is -2.24. The molecule has 2 heterocycles. The van der Waals surface area contributed by atoms with E-state index in [0.29, 0.717) is 17.5 Å². The molecule has 1 amide bonds. The largest absolute Gasteiger partial charge is 0.458 e. The average Bonchev–Trinajstić information content (AvgIpc) is 3.03. The molecule has 0 saturated heterocycles. The van der Waals surface area contributed by atoms with Crippen LogP contribution in [0.25, 0.3) is 5.52 Å². The van der Waals surface area contributed by atoms with E-state index in [0.717, 1.165) is 11.1 Å². The van der Waals surface area contributed by atoms with Gasteiger partial charge in [-0.05, 0) is 51.0 Å². The maximum Gasteiger partial charge on any atom is 0.329 e. The number of ether oxygens (including phenoxy) is 1. The Morgan fingerprint density at radius 2 is 1.89 bits per heavy atom. The Bertz CT molecular complexity index is 987. The Labute approximate surface area is 164 Å². The van der Waals surface area contributed by atoms with Crippen molar-refractivity contribution in [2.24, 2.45) is 0 Å². The number of carbonyl (C=O) groups is 2. The molecule has 0 saturated carbocycles. The number of amides is 1. The molecule has 6 nitrogen and oxygen atoms in total. The second-order valence-corrected chi connectivity index (χ2v) is 7.84. The highest BCUT2D eigenvalue weighted by atomic mass is 16.6. The normalized spacial score (nSPS) is 12.6. The van der Waals surface area contributed by atoms with Gasteiger partial charge < -0.3 is 10.1 Å². The molecule has 0 radical (unpaired) electrons. The molecule has 3 rings (SSSR count). The summed E-state index contributed by atoms with van der Waals surface area (Å²) < 4.78 is 7.16. The molecule has 2 aromatic heterocycles. The number of aryl methyl sites for hydroxylation is 1. The number of aromatic nitrogens is 2. The second kappa shape index (κ2) is 7.84. The van der Waals surface area contributed by atoms with E-state index in [1.165, 1.54) is 6.20 Å². The summed E-state index contributed by atoms with van der Waals surface area (Å²) in [7, 11) is 0. The van der Waals surface area contributed by atoms with Crippen molar-refractivity contribution in [3.63, 3.8) is 0 Å². The van der Waals surface area contributed by atoms with Gasteiger partial charge in [-0.3, -0.25) is 4.79 Å². The van der Waals surface area contributed by atoms with Crippen molar-refractivity contribution < 1.29 is 14.3 Å². The highest BCUT2D eigenvalue weighted by molar-refractivity contribution is 6.02. The highest BCUT2D eigenvalue weighted by Crippen LogP contribution is 2.15. The molecule has 3 aromatic rings. The topological polar surface area (TPSA) is 72.7 Å². The number of benzene rings is 1. The minimum atomic E-state index is -0.797. The van der Waals surface area contributed by atoms with Gasteiger partial charge in [0.05, 0.1) is 17.3 Å². The molecule has 146 valence electrons. The van der Waals surface area contributed by atoms with Crippen LogP contribution in [0, 0.1) is 6.92 Å². The van der Waals surface area contributed by atoms with Crippen LogP contribution in [0.3, 0.4) is 0 Å². The monoisotopic (exact) mass is 379 g/mol. The molecule has 1 atom stereocenters. The molecule has 0 bridgehead atoms. The number of fused-ring (bicyclic) bond motifs is 1. The van der Waals surface area contributed by atoms with Crippen LogP contribution >= 0.6 is 0 Å². The van der Waals surface area contributed by atoms with Gasteiger partial charge in [0.2, 0.25) is 0 Å². The zero-order valence-electron chi connectivity index (χ0n) is 16.6. The van der Waals surface area contributed by atoms with Gasteiger partial charge in [-0.1, -0.05) is 30.3 Å². The van der Waals surface area contributed by atoms with E-state index in [4.69, 9.17) is 4.74 Å². The SMILES string of the molecule is Cc1ccn2ncc(C(=O)N[C@@H](Cc3ccccc3)C(=O)OC(C)(C)C)c2c1. The molecule has 0 aliphatic carbocycles. The zero-order chi connectivity index (χ0) is 20.3.